The zero-order valence-corrected chi connectivity index (χ0v) is 9.63. The second-order valence-corrected chi connectivity index (χ2v) is 4.28. The monoisotopic (exact) mass is 227 g/mol. The molecule has 0 spiro atoms. The highest BCUT2D eigenvalue weighted by atomic mass is 16.6. The van der Waals surface area contributed by atoms with Gasteiger partial charge in [0.05, 0.1) is 12.7 Å². The summed E-state index contributed by atoms with van der Waals surface area (Å²) in [4.78, 5) is 0. The van der Waals surface area contributed by atoms with Gasteiger partial charge in [0, 0.05) is 5.39 Å². The first-order valence-electron chi connectivity index (χ1n) is 6.03. The van der Waals surface area contributed by atoms with Crippen molar-refractivity contribution in [3.8, 4) is 5.75 Å². The number of benzene rings is 2. The van der Waals surface area contributed by atoms with Gasteiger partial charge in [0.2, 0.25) is 0 Å². The van der Waals surface area contributed by atoms with Crippen molar-refractivity contribution < 1.29 is 9.47 Å². The van der Waals surface area contributed by atoms with Gasteiger partial charge in [-0.3, -0.25) is 0 Å². The minimum Gasteiger partial charge on any atom is -0.493 e. The number of rotatable bonds is 5. The van der Waals surface area contributed by atoms with E-state index in [1.54, 1.807) is 0 Å². The van der Waals surface area contributed by atoms with Crippen LogP contribution in [0.2, 0.25) is 0 Å². The fourth-order valence-corrected chi connectivity index (χ4v) is 1.98. The third kappa shape index (κ3) is 2.59. The molecule has 3 rings (SSSR count). The van der Waals surface area contributed by atoms with Crippen LogP contribution >= 0.6 is 0 Å². The molecule has 0 aromatic heterocycles. The minimum absolute atomic E-state index is 0.381. The summed E-state index contributed by atoms with van der Waals surface area (Å²) in [5, 5.41) is 2.41. The Morgan fingerprint density at radius 1 is 1.06 bits per heavy atom. The standard InChI is InChI=1S/C15H15O2/c1-2-8-14-12(5-1)6-3-9-15(14)16-10-4-7-13-11-17-13/h1-3,5-6,8-9,11,13H,4,7,10H2. The van der Waals surface area contributed by atoms with E-state index in [0.717, 1.165) is 25.2 Å². The van der Waals surface area contributed by atoms with Crippen LogP contribution in [0.5, 0.6) is 5.75 Å². The van der Waals surface area contributed by atoms with Gasteiger partial charge >= 0.3 is 0 Å². The van der Waals surface area contributed by atoms with Gasteiger partial charge in [-0.05, 0) is 24.3 Å². The van der Waals surface area contributed by atoms with Gasteiger partial charge in [-0.2, -0.15) is 0 Å². The van der Waals surface area contributed by atoms with Crippen molar-refractivity contribution in [1.82, 2.24) is 0 Å². The van der Waals surface area contributed by atoms with Crippen molar-refractivity contribution in [3.05, 3.63) is 49.1 Å². The molecule has 1 aliphatic rings. The van der Waals surface area contributed by atoms with Crippen LogP contribution in [0, 0.1) is 6.61 Å². The molecule has 2 aromatic carbocycles. The molecule has 1 heterocycles. The van der Waals surface area contributed by atoms with Gasteiger partial charge in [0.25, 0.3) is 0 Å². The lowest BCUT2D eigenvalue weighted by atomic mass is 10.1. The smallest absolute Gasteiger partial charge is 0.127 e. The molecule has 0 bridgehead atoms. The van der Waals surface area contributed by atoms with Gasteiger partial charge in [-0.15, -0.1) is 0 Å². The normalized spacial score (nSPS) is 18.2. The van der Waals surface area contributed by atoms with Gasteiger partial charge in [0.1, 0.15) is 12.4 Å². The SMILES string of the molecule is [CH]1OC1CCCOc1cccc2ccccc12. The fraction of sp³-hybridized carbons (Fsp3) is 0.267. The summed E-state index contributed by atoms with van der Waals surface area (Å²) in [6.07, 6.45) is 2.47. The van der Waals surface area contributed by atoms with Crippen LogP contribution in [0.15, 0.2) is 42.5 Å². The quantitative estimate of drug-likeness (QED) is 0.575. The Bertz CT molecular complexity index is 498. The number of hydrogen-bond donors (Lipinski definition) is 0. The second kappa shape index (κ2) is 4.76. The highest BCUT2D eigenvalue weighted by Crippen LogP contribution is 2.26. The average molecular weight is 227 g/mol. The van der Waals surface area contributed by atoms with Crippen molar-refractivity contribution in [2.75, 3.05) is 6.61 Å². The van der Waals surface area contributed by atoms with Crippen LogP contribution in [0.3, 0.4) is 0 Å². The van der Waals surface area contributed by atoms with E-state index in [4.69, 9.17) is 9.47 Å². The zero-order valence-electron chi connectivity index (χ0n) is 9.63. The Hall–Kier alpha value is -1.54. The Labute approximate surface area is 101 Å². The van der Waals surface area contributed by atoms with E-state index in [1.807, 2.05) is 30.9 Å². The third-order valence-corrected chi connectivity index (χ3v) is 2.97. The molecular weight excluding hydrogens is 212 g/mol. The summed E-state index contributed by atoms with van der Waals surface area (Å²) in [6, 6.07) is 14.5. The van der Waals surface area contributed by atoms with Crippen LogP contribution in [-0.4, -0.2) is 12.7 Å². The molecule has 2 heteroatoms. The molecule has 2 nitrogen and oxygen atoms in total. The third-order valence-electron chi connectivity index (χ3n) is 2.97. The number of fused-ring (bicyclic) bond motifs is 1. The molecule has 0 N–H and O–H groups in total. The highest BCUT2D eigenvalue weighted by molar-refractivity contribution is 5.88. The van der Waals surface area contributed by atoms with E-state index < -0.39 is 0 Å². The lowest BCUT2D eigenvalue weighted by molar-refractivity contribution is 0.297. The van der Waals surface area contributed by atoms with Gasteiger partial charge in [-0.1, -0.05) is 36.4 Å². The molecule has 1 saturated heterocycles. The van der Waals surface area contributed by atoms with Crippen LogP contribution in [0.1, 0.15) is 12.8 Å². The molecule has 87 valence electrons. The van der Waals surface area contributed by atoms with E-state index in [-0.39, 0.29) is 0 Å². The maximum absolute atomic E-state index is 5.83. The predicted molar refractivity (Wildman–Crippen MR) is 67.9 cm³/mol. The molecule has 17 heavy (non-hydrogen) atoms. The maximum atomic E-state index is 5.83. The summed E-state index contributed by atoms with van der Waals surface area (Å²) < 4.78 is 10.9. The molecule has 2 aromatic rings. The molecule has 0 amide bonds. The van der Waals surface area contributed by atoms with Crippen LogP contribution in [-0.2, 0) is 4.74 Å². The van der Waals surface area contributed by atoms with Crippen molar-refractivity contribution in [2.24, 2.45) is 0 Å². The average Bonchev–Trinajstić information content (AvgIpc) is 3.19. The van der Waals surface area contributed by atoms with Crippen molar-refractivity contribution in [2.45, 2.75) is 18.9 Å². The Morgan fingerprint density at radius 2 is 1.88 bits per heavy atom. The van der Waals surface area contributed by atoms with Crippen LogP contribution in [0.4, 0.5) is 0 Å². The summed E-state index contributed by atoms with van der Waals surface area (Å²) in [7, 11) is 0. The summed E-state index contributed by atoms with van der Waals surface area (Å²) in [5.74, 6) is 0.976. The van der Waals surface area contributed by atoms with Gasteiger partial charge in [0.15, 0.2) is 0 Å². The van der Waals surface area contributed by atoms with Crippen molar-refractivity contribution in [3.63, 3.8) is 0 Å². The molecule has 1 radical (unpaired) electrons. The molecule has 0 saturated carbocycles. The Morgan fingerprint density at radius 3 is 2.76 bits per heavy atom. The van der Waals surface area contributed by atoms with E-state index in [2.05, 4.69) is 18.2 Å². The van der Waals surface area contributed by atoms with E-state index in [9.17, 15) is 0 Å². The maximum Gasteiger partial charge on any atom is 0.127 e. The predicted octanol–water partition coefficient (Wildman–Crippen LogP) is 3.56. The summed E-state index contributed by atoms with van der Waals surface area (Å²) >= 11 is 0. The number of hydrogen-bond acceptors (Lipinski definition) is 2. The van der Waals surface area contributed by atoms with Crippen LogP contribution < -0.4 is 4.74 Å². The number of epoxide rings is 1. The van der Waals surface area contributed by atoms with E-state index in [1.165, 1.54) is 10.8 Å². The fourth-order valence-electron chi connectivity index (χ4n) is 1.98. The zero-order chi connectivity index (χ0) is 11.5. The topological polar surface area (TPSA) is 21.8 Å². The molecule has 1 fully saturated rings. The molecule has 1 unspecified atom stereocenters. The first-order chi connectivity index (χ1) is 8.43. The first-order valence-corrected chi connectivity index (χ1v) is 6.03. The van der Waals surface area contributed by atoms with Gasteiger partial charge in [-0.25, -0.2) is 0 Å². The molecule has 1 aliphatic heterocycles. The molecule has 0 aliphatic carbocycles. The van der Waals surface area contributed by atoms with E-state index in [0.29, 0.717) is 6.10 Å². The Balaban J connectivity index is 1.66. The lowest BCUT2D eigenvalue weighted by Gasteiger charge is -2.08. The van der Waals surface area contributed by atoms with Crippen LogP contribution in [0.25, 0.3) is 10.8 Å². The minimum atomic E-state index is 0.381. The largest absolute Gasteiger partial charge is 0.493 e. The van der Waals surface area contributed by atoms with Crippen molar-refractivity contribution >= 4 is 10.8 Å². The van der Waals surface area contributed by atoms with Crippen molar-refractivity contribution in [1.29, 1.82) is 0 Å². The Kier molecular flexibility index (Phi) is 2.97. The lowest BCUT2D eigenvalue weighted by Crippen LogP contribution is -1.99. The second-order valence-electron chi connectivity index (χ2n) is 4.28. The summed E-state index contributed by atoms with van der Waals surface area (Å²) in [6.45, 7) is 2.62. The summed E-state index contributed by atoms with van der Waals surface area (Å²) in [5.41, 5.74) is 0. The van der Waals surface area contributed by atoms with Gasteiger partial charge < -0.3 is 9.47 Å². The number of ether oxygens (including phenoxy) is 2. The molecular formula is C15H15O2. The highest BCUT2D eigenvalue weighted by Gasteiger charge is 2.22. The van der Waals surface area contributed by atoms with E-state index >= 15 is 0 Å². The first kappa shape index (κ1) is 10.6. The molecule has 1 atom stereocenters.